The number of halogens is 2. The van der Waals surface area contributed by atoms with Crippen LogP contribution >= 0.6 is 27.5 Å². The van der Waals surface area contributed by atoms with Crippen molar-refractivity contribution in [2.24, 2.45) is 0 Å². The van der Waals surface area contributed by atoms with E-state index in [0.717, 1.165) is 15.9 Å². The lowest BCUT2D eigenvalue weighted by Gasteiger charge is -1.98. The zero-order chi connectivity index (χ0) is 10.1. The van der Waals surface area contributed by atoms with Crippen LogP contribution in [0.15, 0.2) is 22.9 Å². The molecule has 2 heterocycles. The summed E-state index contributed by atoms with van der Waals surface area (Å²) < 4.78 is 2.66. The lowest BCUT2D eigenvalue weighted by molar-refractivity contribution is 0.296. The van der Waals surface area contributed by atoms with Crippen LogP contribution in [0.1, 0.15) is 5.82 Å². The fourth-order valence-corrected chi connectivity index (χ4v) is 2.03. The van der Waals surface area contributed by atoms with Crippen molar-refractivity contribution in [3.05, 3.63) is 33.8 Å². The highest BCUT2D eigenvalue weighted by Crippen LogP contribution is 2.22. The van der Waals surface area contributed by atoms with Gasteiger partial charge in [-0.25, -0.2) is 4.98 Å². The molecule has 3 nitrogen and oxygen atoms in total. The van der Waals surface area contributed by atoms with Crippen molar-refractivity contribution in [3.63, 3.8) is 0 Å². The highest BCUT2D eigenvalue weighted by molar-refractivity contribution is 9.10. The van der Waals surface area contributed by atoms with Gasteiger partial charge in [0.15, 0.2) is 0 Å². The van der Waals surface area contributed by atoms with E-state index in [2.05, 4.69) is 20.9 Å². The molecule has 0 atom stereocenters. The molecular formula is C9H8BrClN2O. The van der Waals surface area contributed by atoms with E-state index < -0.39 is 0 Å². The second-order valence-corrected chi connectivity index (χ2v) is 4.08. The molecule has 0 aliphatic heterocycles. The predicted octanol–water partition coefficient (Wildman–Crippen LogP) is 2.29. The quantitative estimate of drug-likeness (QED) is 0.913. The second kappa shape index (κ2) is 3.88. The number of aromatic nitrogens is 2. The van der Waals surface area contributed by atoms with E-state index in [-0.39, 0.29) is 6.61 Å². The normalized spacial score (nSPS) is 11.1. The molecule has 5 heteroatoms. The van der Waals surface area contributed by atoms with Gasteiger partial charge in [0.1, 0.15) is 10.4 Å². The summed E-state index contributed by atoms with van der Waals surface area (Å²) in [5.41, 5.74) is 0.918. The Kier molecular flexibility index (Phi) is 2.76. The average Bonchev–Trinajstić information content (AvgIpc) is 2.44. The number of nitrogens with zero attached hydrogens (tertiary/aromatic N) is 2. The fourth-order valence-electron chi connectivity index (χ4n) is 1.36. The Morgan fingerprint density at radius 2 is 2.36 bits per heavy atom. The minimum absolute atomic E-state index is 0.0914. The lowest BCUT2D eigenvalue weighted by atomic mass is 10.4. The number of hydrogen-bond acceptors (Lipinski definition) is 2. The van der Waals surface area contributed by atoms with Gasteiger partial charge in [0.25, 0.3) is 0 Å². The molecule has 0 amide bonds. The molecule has 2 aromatic heterocycles. The molecule has 0 saturated heterocycles. The summed E-state index contributed by atoms with van der Waals surface area (Å²) in [4.78, 5) is 4.28. The van der Waals surface area contributed by atoms with E-state index in [4.69, 9.17) is 16.7 Å². The molecule has 0 aliphatic rings. The lowest BCUT2D eigenvalue weighted by Crippen LogP contribution is -1.97. The number of fused-ring (bicyclic) bond motifs is 1. The molecule has 1 N–H and O–H groups in total. The molecule has 0 unspecified atom stereocenters. The van der Waals surface area contributed by atoms with E-state index in [1.54, 1.807) is 6.07 Å². The zero-order valence-electron chi connectivity index (χ0n) is 7.24. The van der Waals surface area contributed by atoms with Crippen LogP contribution in [0, 0.1) is 0 Å². The third-order valence-corrected chi connectivity index (χ3v) is 2.79. The molecule has 2 rings (SSSR count). The number of aliphatic hydroxyl groups is 1. The maximum Gasteiger partial charge on any atom is 0.132 e. The summed E-state index contributed by atoms with van der Waals surface area (Å²) in [5.74, 6) is 0.825. The molecule has 0 radical (unpaired) electrons. The molecule has 14 heavy (non-hydrogen) atoms. The molecule has 2 aromatic rings. The van der Waals surface area contributed by atoms with Crippen LogP contribution in [0.4, 0.5) is 0 Å². The standard InChI is InChI=1S/C9H8BrClN2O/c10-9-7-5-6(11)1-3-13(7)8(12-9)2-4-14/h1,3,5,14H,2,4H2. The monoisotopic (exact) mass is 274 g/mol. The summed E-state index contributed by atoms with van der Waals surface area (Å²) in [6.07, 6.45) is 2.38. The summed E-state index contributed by atoms with van der Waals surface area (Å²) in [7, 11) is 0. The van der Waals surface area contributed by atoms with Gasteiger partial charge in [-0.05, 0) is 28.1 Å². The first kappa shape index (κ1) is 9.96. The second-order valence-electron chi connectivity index (χ2n) is 2.89. The SMILES string of the molecule is OCCc1nc(Br)c2cc(Cl)ccn12. The Morgan fingerprint density at radius 1 is 1.57 bits per heavy atom. The predicted molar refractivity (Wildman–Crippen MR) is 58.7 cm³/mol. The molecular weight excluding hydrogens is 267 g/mol. The number of pyridine rings is 1. The summed E-state index contributed by atoms with van der Waals surface area (Å²) in [6, 6.07) is 3.63. The summed E-state index contributed by atoms with van der Waals surface area (Å²) in [6.45, 7) is 0.0914. The van der Waals surface area contributed by atoms with Crippen LogP contribution in [0.3, 0.4) is 0 Å². The number of rotatable bonds is 2. The van der Waals surface area contributed by atoms with Crippen LogP contribution in [0.2, 0.25) is 5.02 Å². The van der Waals surface area contributed by atoms with Gasteiger partial charge < -0.3 is 9.51 Å². The third-order valence-electron chi connectivity index (χ3n) is 1.97. The third kappa shape index (κ3) is 1.65. The molecule has 0 fully saturated rings. The molecule has 74 valence electrons. The molecule has 0 aromatic carbocycles. The molecule has 0 bridgehead atoms. The van der Waals surface area contributed by atoms with Gasteiger partial charge in [0, 0.05) is 17.6 Å². The Morgan fingerprint density at radius 3 is 3.07 bits per heavy atom. The van der Waals surface area contributed by atoms with E-state index in [1.165, 1.54) is 0 Å². The average molecular weight is 276 g/mol. The first-order valence-electron chi connectivity index (χ1n) is 4.15. The number of aliphatic hydroxyl groups excluding tert-OH is 1. The van der Waals surface area contributed by atoms with Crippen molar-refractivity contribution >= 4 is 33.0 Å². The fraction of sp³-hybridized carbons (Fsp3) is 0.222. The van der Waals surface area contributed by atoms with Crippen LogP contribution in [0.5, 0.6) is 0 Å². The number of hydrogen-bond donors (Lipinski definition) is 1. The van der Waals surface area contributed by atoms with Gasteiger partial charge in [-0.15, -0.1) is 0 Å². The summed E-state index contributed by atoms with van der Waals surface area (Å²) >= 11 is 9.22. The largest absolute Gasteiger partial charge is 0.396 e. The van der Waals surface area contributed by atoms with Crippen molar-refractivity contribution in [2.45, 2.75) is 6.42 Å². The van der Waals surface area contributed by atoms with Gasteiger partial charge in [0.05, 0.1) is 12.1 Å². The van der Waals surface area contributed by atoms with Crippen LogP contribution in [0.25, 0.3) is 5.52 Å². The minimum atomic E-state index is 0.0914. The van der Waals surface area contributed by atoms with Crippen molar-refractivity contribution in [1.29, 1.82) is 0 Å². The highest BCUT2D eigenvalue weighted by Gasteiger charge is 2.08. The van der Waals surface area contributed by atoms with E-state index in [0.29, 0.717) is 11.4 Å². The maximum absolute atomic E-state index is 8.85. The molecule has 0 aliphatic carbocycles. The van der Waals surface area contributed by atoms with Gasteiger partial charge in [-0.1, -0.05) is 11.6 Å². The van der Waals surface area contributed by atoms with Crippen LogP contribution < -0.4 is 0 Å². The Hall–Kier alpha value is -0.580. The van der Waals surface area contributed by atoms with Gasteiger partial charge in [0.2, 0.25) is 0 Å². The Balaban J connectivity index is 2.65. The van der Waals surface area contributed by atoms with E-state index in [9.17, 15) is 0 Å². The van der Waals surface area contributed by atoms with Crippen LogP contribution in [-0.4, -0.2) is 21.1 Å². The smallest absolute Gasteiger partial charge is 0.132 e. The van der Waals surface area contributed by atoms with Gasteiger partial charge in [-0.2, -0.15) is 0 Å². The Labute approximate surface area is 94.5 Å². The maximum atomic E-state index is 8.85. The highest BCUT2D eigenvalue weighted by atomic mass is 79.9. The summed E-state index contributed by atoms with van der Waals surface area (Å²) in [5, 5.41) is 9.52. The first-order chi connectivity index (χ1) is 6.72. The van der Waals surface area contributed by atoms with E-state index >= 15 is 0 Å². The first-order valence-corrected chi connectivity index (χ1v) is 5.32. The zero-order valence-corrected chi connectivity index (χ0v) is 9.59. The topological polar surface area (TPSA) is 37.5 Å². The van der Waals surface area contributed by atoms with Crippen molar-refractivity contribution in [3.8, 4) is 0 Å². The minimum Gasteiger partial charge on any atom is -0.396 e. The van der Waals surface area contributed by atoms with Crippen molar-refractivity contribution in [2.75, 3.05) is 6.61 Å². The number of imidazole rings is 1. The van der Waals surface area contributed by atoms with E-state index in [1.807, 2.05) is 16.7 Å². The van der Waals surface area contributed by atoms with Gasteiger partial charge in [-0.3, -0.25) is 0 Å². The van der Waals surface area contributed by atoms with Crippen molar-refractivity contribution in [1.82, 2.24) is 9.38 Å². The Bertz CT molecular complexity index is 469. The van der Waals surface area contributed by atoms with Crippen LogP contribution in [-0.2, 0) is 6.42 Å². The van der Waals surface area contributed by atoms with Crippen molar-refractivity contribution < 1.29 is 5.11 Å². The van der Waals surface area contributed by atoms with Gasteiger partial charge >= 0.3 is 0 Å². The molecule has 0 saturated carbocycles. The molecule has 0 spiro atoms.